The topological polar surface area (TPSA) is 166 Å². The highest BCUT2D eigenvalue weighted by atomic mass is 16.7. The number of carbonyl (C=O) groups is 5. The SMILES string of the molecule is COC(=O)CO[C@@H]1[C@H](NC(=O)c2cccnc2)[C@H](OC(C)=O)O[C@@H](COC(C)=O)[C@H]1OC(C)=O. The second kappa shape index (κ2) is 12.6. The number of ether oxygens (including phenoxy) is 6. The molecule has 1 saturated heterocycles. The molecule has 0 spiro atoms. The number of hydrogen-bond donors (Lipinski definition) is 1. The summed E-state index contributed by atoms with van der Waals surface area (Å²) in [6.45, 7) is 2.42. The predicted octanol–water partition coefficient (Wildman–Crippen LogP) is -0.479. The van der Waals surface area contributed by atoms with Crippen LogP contribution >= 0.6 is 0 Å². The molecule has 1 fully saturated rings. The van der Waals surface area contributed by atoms with Gasteiger partial charge in [-0.2, -0.15) is 0 Å². The van der Waals surface area contributed by atoms with E-state index >= 15 is 0 Å². The van der Waals surface area contributed by atoms with Gasteiger partial charge in [0, 0.05) is 33.2 Å². The van der Waals surface area contributed by atoms with Crippen molar-refractivity contribution in [3.8, 4) is 0 Å². The van der Waals surface area contributed by atoms with E-state index in [4.69, 9.17) is 23.7 Å². The molecule has 186 valence electrons. The number of esters is 4. The minimum Gasteiger partial charge on any atom is -0.467 e. The van der Waals surface area contributed by atoms with Crippen LogP contribution in [0.1, 0.15) is 31.1 Å². The monoisotopic (exact) mass is 482 g/mol. The summed E-state index contributed by atoms with van der Waals surface area (Å²) in [5.41, 5.74) is 0.168. The Kier molecular flexibility index (Phi) is 9.89. The molecule has 2 heterocycles. The number of aromatic nitrogens is 1. The average Bonchev–Trinajstić information content (AvgIpc) is 2.78. The van der Waals surface area contributed by atoms with Gasteiger partial charge in [0.05, 0.1) is 12.7 Å². The molecule has 0 saturated carbocycles. The molecule has 1 aliphatic heterocycles. The molecule has 13 heteroatoms. The standard InChI is InChI=1S/C21H26N2O11/c1-11(24)30-9-15-18(32-12(2)25)19(31-10-16(27)29-4)17(21(34-15)33-13(3)26)23-20(28)14-6-5-7-22-8-14/h5-8,15,17-19,21H,9-10H2,1-4H3,(H,23,28)/t15-,17-,18+,19+,21+/m0/s1. The molecule has 0 aliphatic carbocycles. The van der Waals surface area contributed by atoms with Gasteiger partial charge in [-0.05, 0) is 12.1 Å². The minimum absolute atomic E-state index is 0.168. The van der Waals surface area contributed by atoms with Crippen molar-refractivity contribution in [2.45, 2.75) is 51.4 Å². The Bertz CT molecular complexity index is 892. The first-order valence-corrected chi connectivity index (χ1v) is 10.1. The van der Waals surface area contributed by atoms with E-state index in [-0.39, 0.29) is 5.56 Å². The van der Waals surface area contributed by atoms with Gasteiger partial charge in [0.15, 0.2) is 6.10 Å². The smallest absolute Gasteiger partial charge is 0.331 e. The lowest BCUT2D eigenvalue weighted by Crippen LogP contribution is -2.66. The molecular weight excluding hydrogens is 456 g/mol. The highest BCUT2D eigenvalue weighted by Crippen LogP contribution is 2.28. The van der Waals surface area contributed by atoms with Crippen LogP contribution < -0.4 is 5.32 Å². The fourth-order valence-corrected chi connectivity index (χ4v) is 3.14. The zero-order chi connectivity index (χ0) is 25.3. The maximum Gasteiger partial charge on any atom is 0.331 e. The maximum atomic E-state index is 12.8. The molecule has 13 nitrogen and oxygen atoms in total. The maximum absolute atomic E-state index is 12.8. The van der Waals surface area contributed by atoms with Gasteiger partial charge < -0.3 is 33.7 Å². The predicted molar refractivity (Wildman–Crippen MR) is 110 cm³/mol. The lowest BCUT2D eigenvalue weighted by molar-refractivity contribution is -0.273. The van der Waals surface area contributed by atoms with Gasteiger partial charge in [-0.15, -0.1) is 0 Å². The van der Waals surface area contributed by atoms with Crippen LogP contribution in [-0.2, 0) is 47.6 Å². The van der Waals surface area contributed by atoms with Gasteiger partial charge in [-0.25, -0.2) is 4.79 Å². The zero-order valence-corrected chi connectivity index (χ0v) is 19.0. The van der Waals surface area contributed by atoms with Crippen LogP contribution in [0.5, 0.6) is 0 Å². The van der Waals surface area contributed by atoms with Gasteiger partial charge >= 0.3 is 23.9 Å². The van der Waals surface area contributed by atoms with Crippen molar-refractivity contribution in [1.29, 1.82) is 0 Å². The molecule has 1 aromatic rings. The Balaban J connectivity index is 2.45. The number of hydrogen-bond acceptors (Lipinski definition) is 12. The summed E-state index contributed by atoms with van der Waals surface area (Å²) in [4.78, 5) is 63.4. The Hall–Kier alpha value is -3.58. The van der Waals surface area contributed by atoms with Crippen molar-refractivity contribution in [2.24, 2.45) is 0 Å². The van der Waals surface area contributed by atoms with Crippen LogP contribution in [-0.4, -0.2) is 85.7 Å². The Labute approximate surface area is 195 Å². The molecular formula is C21H26N2O11. The van der Waals surface area contributed by atoms with E-state index in [0.717, 1.165) is 27.9 Å². The van der Waals surface area contributed by atoms with E-state index in [1.54, 1.807) is 0 Å². The number of nitrogens with zero attached hydrogens (tertiary/aromatic N) is 1. The second-order valence-corrected chi connectivity index (χ2v) is 7.12. The van der Waals surface area contributed by atoms with Gasteiger partial charge in [-0.3, -0.25) is 24.2 Å². The van der Waals surface area contributed by atoms with E-state index in [9.17, 15) is 24.0 Å². The van der Waals surface area contributed by atoms with Crippen LogP contribution in [0, 0.1) is 0 Å². The largest absolute Gasteiger partial charge is 0.467 e. The van der Waals surface area contributed by atoms with E-state index in [2.05, 4.69) is 15.0 Å². The first kappa shape index (κ1) is 26.7. The van der Waals surface area contributed by atoms with Gasteiger partial charge in [0.2, 0.25) is 6.29 Å². The summed E-state index contributed by atoms with van der Waals surface area (Å²) in [6, 6.07) is 1.78. The fraction of sp³-hybridized carbons (Fsp3) is 0.524. The second-order valence-electron chi connectivity index (χ2n) is 7.12. The number of amides is 1. The first-order chi connectivity index (χ1) is 16.1. The van der Waals surface area contributed by atoms with E-state index in [1.165, 1.54) is 24.5 Å². The summed E-state index contributed by atoms with van der Waals surface area (Å²) in [5, 5.41) is 2.61. The molecule has 2 rings (SSSR count). The van der Waals surface area contributed by atoms with Crippen LogP contribution in [0.2, 0.25) is 0 Å². The van der Waals surface area contributed by atoms with E-state index in [1.807, 2.05) is 0 Å². The molecule has 1 aliphatic rings. The van der Waals surface area contributed by atoms with Crippen molar-refractivity contribution in [3.05, 3.63) is 30.1 Å². The molecule has 1 N–H and O–H groups in total. The quantitative estimate of drug-likeness (QED) is 0.355. The molecule has 34 heavy (non-hydrogen) atoms. The van der Waals surface area contributed by atoms with Crippen LogP contribution in [0.4, 0.5) is 0 Å². The Morgan fingerprint density at radius 1 is 1.03 bits per heavy atom. The number of nitrogens with one attached hydrogen (secondary N) is 1. The third kappa shape index (κ3) is 7.78. The summed E-state index contributed by atoms with van der Waals surface area (Å²) in [7, 11) is 1.14. The van der Waals surface area contributed by atoms with Gasteiger partial charge in [0.25, 0.3) is 5.91 Å². The van der Waals surface area contributed by atoms with Crippen LogP contribution in [0.3, 0.4) is 0 Å². The minimum atomic E-state index is -1.45. The molecule has 5 atom stereocenters. The fourth-order valence-electron chi connectivity index (χ4n) is 3.14. The van der Waals surface area contributed by atoms with E-state index < -0.39 is 73.6 Å². The normalized spacial score (nSPS) is 23.8. The molecule has 0 bridgehead atoms. The summed E-state index contributed by atoms with van der Waals surface area (Å²) in [5.74, 6) is -3.53. The van der Waals surface area contributed by atoms with Crippen molar-refractivity contribution in [1.82, 2.24) is 10.3 Å². The number of pyridine rings is 1. The van der Waals surface area contributed by atoms with Crippen molar-refractivity contribution >= 4 is 29.8 Å². The number of rotatable bonds is 9. The summed E-state index contributed by atoms with van der Waals surface area (Å²) >= 11 is 0. The molecule has 1 amide bonds. The van der Waals surface area contributed by atoms with Crippen LogP contribution in [0.25, 0.3) is 0 Å². The zero-order valence-electron chi connectivity index (χ0n) is 19.0. The van der Waals surface area contributed by atoms with Crippen LogP contribution in [0.15, 0.2) is 24.5 Å². The third-order valence-corrected chi connectivity index (χ3v) is 4.52. The van der Waals surface area contributed by atoms with Crippen molar-refractivity contribution in [2.75, 3.05) is 20.3 Å². The molecule has 1 aromatic heterocycles. The lowest BCUT2D eigenvalue weighted by atomic mass is 9.95. The summed E-state index contributed by atoms with van der Waals surface area (Å²) < 4.78 is 31.6. The Morgan fingerprint density at radius 3 is 2.29 bits per heavy atom. The summed E-state index contributed by atoms with van der Waals surface area (Å²) in [6.07, 6.45) is -2.38. The molecule has 0 aromatic carbocycles. The third-order valence-electron chi connectivity index (χ3n) is 4.52. The van der Waals surface area contributed by atoms with E-state index in [0.29, 0.717) is 0 Å². The van der Waals surface area contributed by atoms with Gasteiger partial charge in [-0.1, -0.05) is 0 Å². The average molecular weight is 482 g/mol. The lowest BCUT2D eigenvalue weighted by Gasteiger charge is -2.44. The van der Waals surface area contributed by atoms with Gasteiger partial charge in [0.1, 0.15) is 31.5 Å². The van der Waals surface area contributed by atoms with Crippen molar-refractivity contribution in [3.63, 3.8) is 0 Å². The molecule has 0 unspecified atom stereocenters. The number of methoxy groups -OCH3 is 1. The van der Waals surface area contributed by atoms with Crippen molar-refractivity contribution < 1.29 is 52.4 Å². The number of carbonyl (C=O) groups excluding carboxylic acids is 5. The highest BCUT2D eigenvalue weighted by molar-refractivity contribution is 5.94. The highest BCUT2D eigenvalue weighted by Gasteiger charge is 2.51. The molecule has 0 radical (unpaired) electrons. The Morgan fingerprint density at radius 2 is 1.74 bits per heavy atom. The first-order valence-electron chi connectivity index (χ1n) is 10.1.